The summed E-state index contributed by atoms with van der Waals surface area (Å²) in [7, 11) is -4.82. The van der Waals surface area contributed by atoms with Crippen LogP contribution >= 0.6 is 15.9 Å². The van der Waals surface area contributed by atoms with Crippen LogP contribution < -0.4 is 18.9 Å². The second-order valence-corrected chi connectivity index (χ2v) is 7.80. The Bertz CT molecular complexity index is 1660. The summed E-state index contributed by atoms with van der Waals surface area (Å²) >= 11 is 2.93. The van der Waals surface area contributed by atoms with Crippen LogP contribution in [0.15, 0.2) is 47.3 Å². The van der Waals surface area contributed by atoms with Crippen LogP contribution in [0.4, 0.5) is 5.82 Å². The molecule has 10 nitrogen and oxygen atoms in total. The summed E-state index contributed by atoms with van der Waals surface area (Å²) in [6.45, 7) is -6.81. The number of anilines is 1. The summed E-state index contributed by atoms with van der Waals surface area (Å²) in [6.07, 6.45) is -0.638. The standard InChI is InChI=1S/C20H23BrN6O4S/c1-3-8-26-32(28,29)27-18-17(15-4-6-16(21)7-5-15)19(25-13-24-18)30-9-10-31-20-22-11-14(2)12-23-20/h4-7,11-13,26H,3,8-10H2,1-2H3,(H,24,25,27)/i4D,5D,6D,7D,8D2,9D2,10D2,11D,12D. The molecule has 1 aromatic carbocycles. The highest BCUT2D eigenvalue weighted by Gasteiger charge is 2.19. The van der Waals surface area contributed by atoms with Gasteiger partial charge in [0.05, 0.1) is 19.3 Å². The van der Waals surface area contributed by atoms with Gasteiger partial charge in [0.15, 0.2) is 5.82 Å². The third-order valence-electron chi connectivity index (χ3n) is 3.24. The van der Waals surface area contributed by atoms with Gasteiger partial charge in [0.25, 0.3) is 10.2 Å². The van der Waals surface area contributed by atoms with Gasteiger partial charge >= 0.3 is 6.01 Å². The third-order valence-corrected chi connectivity index (χ3v) is 4.51. The molecule has 12 heteroatoms. The number of hydrogen-bond acceptors (Lipinski definition) is 8. The first-order valence-electron chi connectivity index (χ1n) is 14.7. The Morgan fingerprint density at radius 2 is 1.78 bits per heavy atom. The van der Waals surface area contributed by atoms with Crippen LogP contribution in [0.5, 0.6) is 11.9 Å². The first kappa shape index (κ1) is 12.4. The van der Waals surface area contributed by atoms with Crippen molar-refractivity contribution in [1.82, 2.24) is 24.7 Å². The van der Waals surface area contributed by atoms with Crippen LogP contribution in [0.25, 0.3) is 11.1 Å². The maximum absolute atomic E-state index is 12.8. The summed E-state index contributed by atoms with van der Waals surface area (Å²) < 4.78 is 136. The van der Waals surface area contributed by atoms with E-state index in [-0.39, 0.29) is 16.5 Å². The zero-order chi connectivity index (χ0) is 33.6. The van der Waals surface area contributed by atoms with Crippen LogP contribution in [-0.4, -0.2) is 48.0 Å². The summed E-state index contributed by atoms with van der Waals surface area (Å²) in [5.74, 6) is -1.79. The number of halogens is 1. The van der Waals surface area contributed by atoms with E-state index in [9.17, 15) is 8.42 Å². The fourth-order valence-corrected chi connectivity index (χ4v) is 2.98. The van der Waals surface area contributed by atoms with Crippen molar-refractivity contribution in [1.29, 1.82) is 0 Å². The Morgan fingerprint density at radius 3 is 2.47 bits per heavy atom. The maximum atomic E-state index is 12.8. The fourth-order valence-electron chi connectivity index (χ4n) is 1.99. The predicted molar refractivity (Wildman–Crippen MR) is 124 cm³/mol. The highest BCUT2D eigenvalue weighted by molar-refractivity contribution is 9.10. The van der Waals surface area contributed by atoms with Crippen molar-refractivity contribution >= 4 is 32.0 Å². The second-order valence-electron chi connectivity index (χ2n) is 5.59. The predicted octanol–water partition coefficient (Wildman–Crippen LogP) is 3.12. The minimum absolute atomic E-state index is 0.0358. The molecule has 0 radical (unpaired) electrons. The van der Waals surface area contributed by atoms with Crippen molar-refractivity contribution in [2.45, 2.75) is 20.3 Å². The second kappa shape index (κ2) is 11.2. The van der Waals surface area contributed by atoms with E-state index in [1.54, 1.807) is 4.72 Å². The number of benzene rings is 1. The van der Waals surface area contributed by atoms with E-state index < -0.39 is 95.2 Å². The van der Waals surface area contributed by atoms with Gasteiger partial charge in [0, 0.05) is 26.1 Å². The zero-order valence-electron chi connectivity index (χ0n) is 28.5. The number of ether oxygens (including phenoxy) is 2. The van der Waals surface area contributed by atoms with Gasteiger partial charge in [0.2, 0.25) is 5.88 Å². The molecule has 0 atom stereocenters. The number of hydrogen-bond donors (Lipinski definition) is 2. The Labute approximate surface area is 212 Å². The highest BCUT2D eigenvalue weighted by Crippen LogP contribution is 2.34. The third kappa shape index (κ3) is 6.84. The van der Waals surface area contributed by atoms with Crippen molar-refractivity contribution in [2.24, 2.45) is 0 Å². The van der Waals surface area contributed by atoms with Crippen molar-refractivity contribution < 1.29 is 34.3 Å². The summed E-state index contributed by atoms with van der Waals surface area (Å²) in [4.78, 5) is 14.6. The molecular weight excluding hydrogens is 500 g/mol. The van der Waals surface area contributed by atoms with E-state index in [1.165, 1.54) is 13.8 Å². The molecule has 0 bridgehead atoms. The van der Waals surface area contributed by atoms with Gasteiger partial charge in [-0.15, -0.1) is 0 Å². The SMILES string of the molecule is [2H]c1nc(OC([2H])([2H])C([2H])([2H])Oc2ncnc(NS(=O)(=O)NC([2H])([2H])CC)c2-c2c([2H])c([2H])c(Br)c([2H])c2[2H])nc([2H])c1C. The summed E-state index contributed by atoms with van der Waals surface area (Å²) in [6, 6.07) is -3.73. The molecule has 3 rings (SSSR count). The molecule has 0 saturated carbocycles. The largest absolute Gasteiger partial charge is 0.473 e. The monoisotopic (exact) mass is 534 g/mol. The molecule has 0 amide bonds. The van der Waals surface area contributed by atoms with Crippen molar-refractivity contribution in [2.75, 3.05) is 24.3 Å². The first-order valence-corrected chi connectivity index (χ1v) is 10.9. The Hall–Kier alpha value is -2.83. The molecule has 0 fully saturated rings. The Balaban J connectivity index is 2.22. The molecule has 0 spiro atoms. The van der Waals surface area contributed by atoms with E-state index >= 15 is 0 Å². The normalized spacial score (nSPS) is 18.0. The first-order chi connectivity index (χ1) is 20.0. The molecule has 3 aromatic rings. The average Bonchev–Trinajstić information content (AvgIpc) is 2.89. The van der Waals surface area contributed by atoms with E-state index in [1.807, 2.05) is 4.72 Å². The molecule has 0 aliphatic carbocycles. The minimum atomic E-state index is -4.82. The van der Waals surface area contributed by atoms with Gasteiger partial charge in [-0.3, -0.25) is 4.72 Å². The highest BCUT2D eigenvalue weighted by atomic mass is 79.9. The molecule has 0 aliphatic rings. The van der Waals surface area contributed by atoms with Crippen molar-refractivity contribution in [3.63, 3.8) is 0 Å². The fraction of sp³-hybridized carbons (Fsp3) is 0.300. The maximum Gasteiger partial charge on any atom is 0.316 e. The van der Waals surface area contributed by atoms with Gasteiger partial charge in [0.1, 0.15) is 19.4 Å². The molecule has 2 heterocycles. The van der Waals surface area contributed by atoms with Gasteiger partial charge in [-0.1, -0.05) is 34.9 Å². The topological polar surface area (TPSA) is 128 Å². The zero-order valence-corrected chi connectivity index (χ0v) is 18.9. The van der Waals surface area contributed by atoms with Crippen LogP contribution in [0.2, 0.25) is 0 Å². The average molecular weight is 535 g/mol. The lowest BCUT2D eigenvalue weighted by atomic mass is 10.1. The van der Waals surface area contributed by atoms with Crippen LogP contribution in [0, 0.1) is 6.92 Å². The number of nitrogens with zero attached hydrogens (tertiary/aromatic N) is 4. The smallest absolute Gasteiger partial charge is 0.316 e. The molecule has 32 heavy (non-hydrogen) atoms. The Morgan fingerprint density at radius 1 is 1.09 bits per heavy atom. The lowest BCUT2D eigenvalue weighted by Gasteiger charge is -2.15. The van der Waals surface area contributed by atoms with E-state index in [2.05, 4.69) is 35.9 Å². The van der Waals surface area contributed by atoms with Crippen LogP contribution in [0.1, 0.15) is 35.4 Å². The molecule has 2 N–H and O–H groups in total. The van der Waals surface area contributed by atoms with Crippen LogP contribution in [0.3, 0.4) is 0 Å². The summed E-state index contributed by atoms with van der Waals surface area (Å²) in [5.41, 5.74) is -1.42. The molecule has 0 unspecified atom stereocenters. The Kier molecular flexibility index (Phi) is 4.33. The molecule has 0 saturated heterocycles. The minimum Gasteiger partial charge on any atom is -0.473 e. The summed E-state index contributed by atoms with van der Waals surface area (Å²) in [5, 5.41) is 0. The van der Waals surface area contributed by atoms with E-state index in [0.717, 1.165) is 0 Å². The molecule has 170 valence electrons. The quantitative estimate of drug-likeness (QED) is 0.383. The lowest BCUT2D eigenvalue weighted by molar-refractivity contribution is 0.202. The molecular formula is C20H23BrN6O4S. The van der Waals surface area contributed by atoms with Gasteiger partial charge < -0.3 is 9.47 Å². The molecule has 2 aromatic heterocycles. The van der Waals surface area contributed by atoms with Gasteiger partial charge in [-0.25, -0.2) is 19.9 Å². The number of aromatic nitrogens is 4. The van der Waals surface area contributed by atoms with E-state index in [0.29, 0.717) is 6.33 Å². The number of nitrogens with one attached hydrogen (secondary N) is 2. The van der Waals surface area contributed by atoms with Crippen LogP contribution in [-0.2, 0) is 10.2 Å². The molecule has 0 aliphatic heterocycles. The van der Waals surface area contributed by atoms with Gasteiger partial charge in [-0.2, -0.15) is 13.1 Å². The van der Waals surface area contributed by atoms with Crippen molar-refractivity contribution in [3.05, 3.63) is 52.9 Å². The van der Waals surface area contributed by atoms with E-state index in [4.69, 9.17) is 25.9 Å². The number of rotatable bonds is 11. The van der Waals surface area contributed by atoms with Crippen molar-refractivity contribution in [3.8, 4) is 23.0 Å². The lowest BCUT2D eigenvalue weighted by Crippen LogP contribution is -2.31. The van der Waals surface area contributed by atoms with Gasteiger partial charge in [-0.05, 0) is 36.6 Å².